The lowest BCUT2D eigenvalue weighted by Crippen LogP contribution is -2.06. The number of nitrogens with zero attached hydrogens (tertiary/aromatic N) is 1. The first-order valence-electron chi connectivity index (χ1n) is 7.08. The van der Waals surface area contributed by atoms with Crippen LogP contribution in [-0.4, -0.2) is 36.3 Å². The number of methoxy groups -OCH3 is 1. The summed E-state index contributed by atoms with van der Waals surface area (Å²) in [6, 6.07) is 8.88. The second-order valence-electron chi connectivity index (χ2n) is 4.86. The minimum atomic E-state index is -0.934. The number of carbonyl (C=O) groups is 1. The molecule has 0 atom stereocenters. The Morgan fingerprint density at radius 1 is 1.29 bits per heavy atom. The van der Waals surface area contributed by atoms with Gasteiger partial charge in [-0.05, 0) is 31.4 Å². The molecule has 1 aromatic heterocycles. The van der Waals surface area contributed by atoms with Gasteiger partial charge in [-0.25, -0.2) is 9.78 Å². The molecule has 0 unspecified atom stereocenters. The lowest BCUT2D eigenvalue weighted by Gasteiger charge is -2.09. The van der Waals surface area contributed by atoms with Crippen molar-refractivity contribution in [1.82, 2.24) is 4.98 Å². The number of unbranched alkanes of at least 4 members (excludes halogenated alkanes) is 2. The zero-order valence-corrected chi connectivity index (χ0v) is 12.1. The van der Waals surface area contributed by atoms with Crippen LogP contribution < -0.4 is 5.32 Å². The van der Waals surface area contributed by atoms with E-state index in [0.29, 0.717) is 16.7 Å². The van der Waals surface area contributed by atoms with Crippen molar-refractivity contribution in [3.8, 4) is 0 Å². The van der Waals surface area contributed by atoms with Gasteiger partial charge in [0, 0.05) is 25.6 Å². The molecule has 0 spiro atoms. The van der Waals surface area contributed by atoms with Gasteiger partial charge in [-0.15, -0.1) is 0 Å². The number of fused-ring (bicyclic) bond motifs is 1. The van der Waals surface area contributed by atoms with Crippen molar-refractivity contribution in [1.29, 1.82) is 0 Å². The smallest absolute Gasteiger partial charge is 0.336 e. The van der Waals surface area contributed by atoms with Crippen LogP contribution in [0.1, 0.15) is 29.6 Å². The average molecular weight is 288 g/mol. The maximum Gasteiger partial charge on any atom is 0.336 e. The zero-order chi connectivity index (χ0) is 15.1. The summed E-state index contributed by atoms with van der Waals surface area (Å²) in [7, 11) is 1.70. The summed E-state index contributed by atoms with van der Waals surface area (Å²) < 4.78 is 5.00. The lowest BCUT2D eigenvalue weighted by atomic mass is 10.1. The lowest BCUT2D eigenvalue weighted by molar-refractivity contribution is 0.0699. The Kier molecular flexibility index (Phi) is 5.51. The number of hydrogen-bond donors (Lipinski definition) is 2. The van der Waals surface area contributed by atoms with Gasteiger partial charge >= 0.3 is 5.97 Å². The zero-order valence-electron chi connectivity index (χ0n) is 12.1. The Balaban J connectivity index is 2.05. The average Bonchev–Trinajstić information content (AvgIpc) is 2.49. The van der Waals surface area contributed by atoms with Crippen molar-refractivity contribution >= 4 is 22.7 Å². The van der Waals surface area contributed by atoms with E-state index in [1.807, 2.05) is 18.2 Å². The van der Waals surface area contributed by atoms with Crippen molar-refractivity contribution in [2.75, 3.05) is 25.6 Å². The first-order valence-corrected chi connectivity index (χ1v) is 7.08. The number of carboxylic acids is 1. The standard InChI is InChI=1S/C16H20N2O3/c1-21-10-6-2-5-9-17-15-11-13(16(19)20)12-7-3-4-8-14(12)18-15/h3-4,7-8,11H,2,5-6,9-10H2,1H3,(H,17,18)(H,19,20). The number of ether oxygens (including phenoxy) is 1. The number of carboxylic acid groups (broad SMARTS) is 1. The van der Waals surface area contributed by atoms with Crippen LogP contribution in [0.3, 0.4) is 0 Å². The van der Waals surface area contributed by atoms with Crippen LogP contribution in [-0.2, 0) is 4.74 Å². The predicted octanol–water partition coefficient (Wildman–Crippen LogP) is 3.16. The van der Waals surface area contributed by atoms with Crippen LogP contribution in [0.4, 0.5) is 5.82 Å². The minimum Gasteiger partial charge on any atom is -0.478 e. The Labute approximate surface area is 124 Å². The maximum absolute atomic E-state index is 11.3. The van der Waals surface area contributed by atoms with Crippen LogP contribution in [0.15, 0.2) is 30.3 Å². The molecule has 0 aliphatic heterocycles. The fourth-order valence-corrected chi connectivity index (χ4v) is 2.21. The van der Waals surface area contributed by atoms with Crippen molar-refractivity contribution < 1.29 is 14.6 Å². The minimum absolute atomic E-state index is 0.280. The van der Waals surface area contributed by atoms with Gasteiger partial charge < -0.3 is 15.2 Å². The second kappa shape index (κ2) is 7.59. The predicted molar refractivity (Wildman–Crippen MR) is 82.9 cm³/mol. The van der Waals surface area contributed by atoms with Gasteiger partial charge in [0.2, 0.25) is 0 Å². The van der Waals surface area contributed by atoms with Crippen LogP contribution in [0, 0.1) is 0 Å². The number of para-hydroxylation sites is 1. The fourth-order valence-electron chi connectivity index (χ4n) is 2.21. The molecule has 5 heteroatoms. The summed E-state index contributed by atoms with van der Waals surface area (Å²) in [5.74, 6) is -0.324. The van der Waals surface area contributed by atoms with Crippen LogP contribution >= 0.6 is 0 Å². The molecule has 0 radical (unpaired) electrons. The summed E-state index contributed by atoms with van der Waals surface area (Å²) in [5.41, 5.74) is 0.974. The molecule has 2 aromatic rings. The van der Waals surface area contributed by atoms with E-state index in [1.54, 1.807) is 19.2 Å². The number of rotatable bonds is 8. The monoisotopic (exact) mass is 288 g/mol. The van der Waals surface area contributed by atoms with Crippen molar-refractivity contribution in [2.24, 2.45) is 0 Å². The van der Waals surface area contributed by atoms with E-state index >= 15 is 0 Å². The molecule has 1 aromatic carbocycles. The van der Waals surface area contributed by atoms with Crippen LogP contribution in [0.25, 0.3) is 10.9 Å². The molecule has 112 valence electrons. The first kappa shape index (κ1) is 15.3. The van der Waals surface area contributed by atoms with E-state index in [9.17, 15) is 9.90 Å². The molecule has 0 bridgehead atoms. The number of pyridine rings is 1. The summed E-state index contributed by atoms with van der Waals surface area (Å²) in [6.07, 6.45) is 3.10. The van der Waals surface area contributed by atoms with E-state index in [0.717, 1.165) is 32.4 Å². The van der Waals surface area contributed by atoms with Crippen molar-refractivity contribution in [3.05, 3.63) is 35.9 Å². The number of aromatic nitrogens is 1. The molecule has 0 fully saturated rings. The fraction of sp³-hybridized carbons (Fsp3) is 0.375. The molecule has 5 nitrogen and oxygen atoms in total. The van der Waals surface area contributed by atoms with Gasteiger partial charge in [0.05, 0.1) is 11.1 Å². The number of hydrogen-bond acceptors (Lipinski definition) is 4. The molecule has 0 amide bonds. The third-order valence-corrected chi connectivity index (χ3v) is 3.28. The number of aromatic carboxylic acids is 1. The molecule has 0 aliphatic carbocycles. The highest BCUT2D eigenvalue weighted by molar-refractivity contribution is 6.03. The number of anilines is 1. The molecule has 1 heterocycles. The molecule has 2 rings (SSSR count). The molecule has 2 N–H and O–H groups in total. The van der Waals surface area contributed by atoms with Crippen LogP contribution in [0.2, 0.25) is 0 Å². The third-order valence-electron chi connectivity index (χ3n) is 3.28. The van der Waals surface area contributed by atoms with Gasteiger partial charge in [0.1, 0.15) is 5.82 Å². The van der Waals surface area contributed by atoms with E-state index in [4.69, 9.17) is 4.74 Å². The van der Waals surface area contributed by atoms with E-state index in [2.05, 4.69) is 10.3 Å². The van der Waals surface area contributed by atoms with Crippen molar-refractivity contribution in [2.45, 2.75) is 19.3 Å². The first-order chi connectivity index (χ1) is 10.2. The SMILES string of the molecule is COCCCCCNc1cc(C(=O)O)c2ccccc2n1. The highest BCUT2D eigenvalue weighted by Gasteiger charge is 2.11. The highest BCUT2D eigenvalue weighted by Crippen LogP contribution is 2.20. The van der Waals surface area contributed by atoms with E-state index < -0.39 is 5.97 Å². The Hall–Kier alpha value is -2.14. The van der Waals surface area contributed by atoms with Crippen molar-refractivity contribution in [3.63, 3.8) is 0 Å². The van der Waals surface area contributed by atoms with Gasteiger partial charge in [0.15, 0.2) is 0 Å². The summed E-state index contributed by atoms with van der Waals surface area (Å²) >= 11 is 0. The highest BCUT2D eigenvalue weighted by atomic mass is 16.5. The van der Waals surface area contributed by atoms with Gasteiger partial charge in [0.25, 0.3) is 0 Å². The number of nitrogens with one attached hydrogen (secondary N) is 1. The molecular weight excluding hydrogens is 268 g/mol. The second-order valence-corrected chi connectivity index (χ2v) is 4.86. The summed E-state index contributed by atoms with van der Waals surface area (Å²) in [5, 5.41) is 13.2. The van der Waals surface area contributed by atoms with E-state index in [1.165, 1.54) is 0 Å². The normalized spacial score (nSPS) is 10.7. The van der Waals surface area contributed by atoms with Gasteiger partial charge in [-0.3, -0.25) is 0 Å². The molecule has 0 saturated carbocycles. The van der Waals surface area contributed by atoms with Gasteiger partial charge in [-0.2, -0.15) is 0 Å². The van der Waals surface area contributed by atoms with Crippen LogP contribution in [0.5, 0.6) is 0 Å². The maximum atomic E-state index is 11.3. The Morgan fingerprint density at radius 3 is 2.86 bits per heavy atom. The third kappa shape index (κ3) is 4.16. The molecular formula is C16H20N2O3. The summed E-state index contributed by atoms with van der Waals surface area (Å²) in [6.45, 7) is 1.55. The largest absolute Gasteiger partial charge is 0.478 e. The Bertz CT molecular complexity index is 613. The quantitative estimate of drug-likeness (QED) is 0.730. The van der Waals surface area contributed by atoms with Gasteiger partial charge in [-0.1, -0.05) is 18.2 Å². The van der Waals surface area contributed by atoms with E-state index in [-0.39, 0.29) is 5.56 Å². The Morgan fingerprint density at radius 2 is 2.10 bits per heavy atom. The number of benzene rings is 1. The molecule has 21 heavy (non-hydrogen) atoms. The summed E-state index contributed by atoms with van der Waals surface area (Å²) in [4.78, 5) is 15.8. The molecule has 0 saturated heterocycles. The molecule has 0 aliphatic rings. The topological polar surface area (TPSA) is 71.5 Å².